The fourth-order valence-electron chi connectivity index (χ4n) is 2.36. The van der Waals surface area contributed by atoms with E-state index < -0.39 is 0 Å². The summed E-state index contributed by atoms with van der Waals surface area (Å²) in [6, 6.07) is 5.51. The molecule has 25 heavy (non-hydrogen) atoms. The van der Waals surface area contributed by atoms with Crippen LogP contribution in [0.5, 0.6) is 5.75 Å². The number of carbonyl (C=O) groups excluding carboxylic acids is 1. The van der Waals surface area contributed by atoms with Gasteiger partial charge in [0.1, 0.15) is 12.4 Å². The number of aryl methyl sites for hydroxylation is 1. The van der Waals surface area contributed by atoms with Crippen molar-refractivity contribution in [2.24, 2.45) is 0 Å². The highest BCUT2D eigenvalue weighted by molar-refractivity contribution is 9.10. The zero-order valence-corrected chi connectivity index (χ0v) is 16.0. The molecule has 2 rings (SSSR count). The summed E-state index contributed by atoms with van der Waals surface area (Å²) in [5.74, 6) is 0.435. The van der Waals surface area contributed by atoms with Gasteiger partial charge in [0, 0.05) is 23.7 Å². The molecule has 0 saturated heterocycles. The molecular formula is C17H21BrN4O3. The number of hydrogen-bond donors (Lipinski definition) is 2. The Labute approximate surface area is 155 Å². The predicted molar refractivity (Wildman–Crippen MR) is 99.7 cm³/mol. The van der Waals surface area contributed by atoms with Gasteiger partial charge in [-0.2, -0.15) is 0 Å². The summed E-state index contributed by atoms with van der Waals surface area (Å²) in [5, 5.41) is 2.79. The molecule has 0 saturated carbocycles. The fourth-order valence-corrected chi connectivity index (χ4v) is 2.72. The lowest BCUT2D eigenvalue weighted by molar-refractivity contribution is 0.0955. The van der Waals surface area contributed by atoms with Crippen LogP contribution in [0.25, 0.3) is 11.3 Å². The largest absolute Gasteiger partial charge is 0.490 e. The zero-order valence-electron chi connectivity index (χ0n) is 14.4. The smallest absolute Gasteiger partial charge is 0.255 e. The normalized spacial score (nSPS) is 10.6. The first-order chi connectivity index (χ1) is 12.0. The van der Waals surface area contributed by atoms with Crippen molar-refractivity contribution in [2.75, 3.05) is 32.6 Å². The van der Waals surface area contributed by atoms with Crippen molar-refractivity contribution in [3.8, 4) is 17.0 Å². The first kappa shape index (κ1) is 19.1. The van der Waals surface area contributed by atoms with E-state index in [4.69, 9.17) is 15.2 Å². The number of rotatable bonds is 7. The van der Waals surface area contributed by atoms with Gasteiger partial charge in [-0.3, -0.25) is 4.79 Å². The zero-order chi connectivity index (χ0) is 18.4. The molecule has 1 aromatic carbocycles. The van der Waals surface area contributed by atoms with E-state index in [-0.39, 0.29) is 11.9 Å². The Kier molecular flexibility index (Phi) is 6.72. The Hall–Kier alpha value is -2.19. The third-order valence-electron chi connectivity index (χ3n) is 3.41. The summed E-state index contributed by atoms with van der Waals surface area (Å²) >= 11 is 3.45. The van der Waals surface area contributed by atoms with Gasteiger partial charge in [-0.15, -0.1) is 0 Å². The Bertz CT molecular complexity index is 768. The number of nitrogens with one attached hydrogen (secondary N) is 1. The van der Waals surface area contributed by atoms with Crippen LogP contribution in [0.4, 0.5) is 5.95 Å². The molecule has 1 amide bonds. The molecule has 0 radical (unpaired) electrons. The SMILES string of the molecule is CCNC(=O)c1c(C)nc(N)nc1-c1cc(Br)ccc1OCCOC. The van der Waals surface area contributed by atoms with Crippen molar-refractivity contribution < 1.29 is 14.3 Å². The second kappa shape index (κ2) is 8.77. The van der Waals surface area contributed by atoms with E-state index in [9.17, 15) is 4.79 Å². The monoisotopic (exact) mass is 408 g/mol. The van der Waals surface area contributed by atoms with Crippen LogP contribution in [-0.4, -0.2) is 42.7 Å². The number of nitrogen functional groups attached to an aromatic ring is 1. The maximum Gasteiger partial charge on any atom is 0.255 e. The van der Waals surface area contributed by atoms with E-state index in [1.807, 2.05) is 25.1 Å². The highest BCUT2D eigenvalue weighted by Gasteiger charge is 2.22. The van der Waals surface area contributed by atoms with E-state index in [0.717, 1.165) is 4.47 Å². The molecule has 0 fully saturated rings. The van der Waals surface area contributed by atoms with Gasteiger partial charge < -0.3 is 20.5 Å². The summed E-state index contributed by atoms with van der Waals surface area (Å²) < 4.78 is 11.6. The Morgan fingerprint density at radius 3 is 2.76 bits per heavy atom. The van der Waals surface area contributed by atoms with E-state index in [2.05, 4.69) is 31.2 Å². The third kappa shape index (κ3) is 4.67. The number of nitrogens with zero attached hydrogens (tertiary/aromatic N) is 2. The number of halogens is 1. The second-order valence-electron chi connectivity index (χ2n) is 5.23. The van der Waals surface area contributed by atoms with E-state index in [0.29, 0.717) is 48.0 Å². The number of methoxy groups -OCH3 is 1. The molecule has 1 aromatic heterocycles. The predicted octanol–water partition coefficient (Wildman–Crippen LogP) is 2.57. The van der Waals surface area contributed by atoms with E-state index in [1.54, 1.807) is 14.0 Å². The van der Waals surface area contributed by atoms with Crippen LogP contribution in [0.2, 0.25) is 0 Å². The average Bonchev–Trinajstić information content (AvgIpc) is 2.55. The van der Waals surface area contributed by atoms with Crippen LogP contribution in [0, 0.1) is 6.92 Å². The highest BCUT2D eigenvalue weighted by atomic mass is 79.9. The molecule has 7 nitrogen and oxygen atoms in total. The van der Waals surface area contributed by atoms with Crippen LogP contribution >= 0.6 is 15.9 Å². The first-order valence-electron chi connectivity index (χ1n) is 7.81. The molecule has 0 unspecified atom stereocenters. The van der Waals surface area contributed by atoms with Crippen LogP contribution in [0.15, 0.2) is 22.7 Å². The summed E-state index contributed by atoms with van der Waals surface area (Å²) in [6.45, 7) is 4.90. The molecule has 8 heteroatoms. The van der Waals surface area contributed by atoms with Gasteiger partial charge in [0.05, 0.1) is 23.6 Å². The fraction of sp³-hybridized carbons (Fsp3) is 0.353. The summed E-state index contributed by atoms with van der Waals surface area (Å²) in [5.41, 5.74) is 7.81. The van der Waals surface area contributed by atoms with Crippen molar-refractivity contribution >= 4 is 27.8 Å². The number of nitrogens with two attached hydrogens (primary N) is 1. The number of benzene rings is 1. The molecule has 0 spiro atoms. The van der Waals surface area contributed by atoms with Crippen molar-refractivity contribution in [3.63, 3.8) is 0 Å². The number of anilines is 1. The number of carbonyl (C=O) groups is 1. The van der Waals surface area contributed by atoms with Crippen LogP contribution in [0.3, 0.4) is 0 Å². The minimum atomic E-state index is -0.252. The molecule has 0 atom stereocenters. The lowest BCUT2D eigenvalue weighted by Gasteiger charge is -2.16. The molecule has 0 aliphatic heterocycles. The van der Waals surface area contributed by atoms with Crippen molar-refractivity contribution in [2.45, 2.75) is 13.8 Å². The van der Waals surface area contributed by atoms with Gasteiger partial charge in [0.2, 0.25) is 5.95 Å². The quantitative estimate of drug-likeness (QED) is 0.682. The van der Waals surface area contributed by atoms with Gasteiger partial charge in [0.15, 0.2) is 0 Å². The molecule has 2 aromatic rings. The minimum absolute atomic E-state index is 0.100. The number of ether oxygens (including phenoxy) is 2. The van der Waals surface area contributed by atoms with Gasteiger partial charge in [-0.25, -0.2) is 9.97 Å². The second-order valence-corrected chi connectivity index (χ2v) is 6.15. The molecular weight excluding hydrogens is 388 g/mol. The summed E-state index contributed by atoms with van der Waals surface area (Å²) in [4.78, 5) is 21.0. The maximum atomic E-state index is 12.5. The number of aromatic nitrogens is 2. The van der Waals surface area contributed by atoms with Crippen LogP contribution in [-0.2, 0) is 4.74 Å². The van der Waals surface area contributed by atoms with Gasteiger partial charge in [0.25, 0.3) is 5.91 Å². The first-order valence-corrected chi connectivity index (χ1v) is 8.61. The van der Waals surface area contributed by atoms with E-state index >= 15 is 0 Å². The van der Waals surface area contributed by atoms with Crippen molar-refractivity contribution in [3.05, 3.63) is 33.9 Å². The Morgan fingerprint density at radius 2 is 2.08 bits per heavy atom. The molecule has 0 aliphatic carbocycles. The Balaban J connectivity index is 2.60. The van der Waals surface area contributed by atoms with Crippen molar-refractivity contribution in [1.82, 2.24) is 15.3 Å². The van der Waals surface area contributed by atoms with Crippen LogP contribution < -0.4 is 15.8 Å². The highest BCUT2D eigenvalue weighted by Crippen LogP contribution is 2.34. The molecule has 1 heterocycles. The lowest BCUT2D eigenvalue weighted by Crippen LogP contribution is -2.25. The van der Waals surface area contributed by atoms with E-state index in [1.165, 1.54) is 0 Å². The van der Waals surface area contributed by atoms with Crippen LogP contribution in [0.1, 0.15) is 23.0 Å². The number of amides is 1. The summed E-state index contributed by atoms with van der Waals surface area (Å²) in [7, 11) is 1.60. The van der Waals surface area contributed by atoms with Crippen molar-refractivity contribution in [1.29, 1.82) is 0 Å². The van der Waals surface area contributed by atoms with Gasteiger partial charge in [-0.1, -0.05) is 15.9 Å². The molecule has 134 valence electrons. The minimum Gasteiger partial charge on any atom is -0.490 e. The average molecular weight is 409 g/mol. The maximum absolute atomic E-state index is 12.5. The molecule has 0 bridgehead atoms. The standard InChI is InChI=1S/C17H21BrN4O3/c1-4-20-16(23)14-10(2)21-17(19)22-15(14)12-9-11(18)5-6-13(12)25-8-7-24-3/h5-6,9H,4,7-8H2,1-3H3,(H,20,23)(H2,19,21,22). The molecule has 0 aliphatic rings. The lowest BCUT2D eigenvalue weighted by atomic mass is 10.0. The third-order valence-corrected chi connectivity index (χ3v) is 3.91. The topological polar surface area (TPSA) is 99.4 Å². The number of hydrogen-bond acceptors (Lipinski definition) is 6. The summed E-state index contributed by atoms with van der Waals surface area (Å²) in [6.07, 6.45) is 0. The van der Waals surface area contributed by atoms with Gasteiger partial charge in [-0.05, 0) is 32.0 Å². The Morgan fingerprint density at radius 1 is 1.32 bits per heavy atom. The molecule has 3 N–H and O–H groups in total. The van der Waals surface area contributed by atoms with Gasteiger partial charge >= 0.3 is 0 Å².